The Labute approximate surface area is 138 Å². The molecule has 0 unspecified atom stereocenters. The monoisotopic (exact) mass is 330 g/mol. The predicted octanol–water partition coefficient (Wildman–Crippen LogP) is 3.66. The zero-order valence-corrected chi connectivity index (χ0v) is 14.2. The summed E-state index contributed by atoms with van der Waals surface area (Å²) in [7, 11) is 0. The van der Waals surface area contributed by atoms with E-state index in [-0.39, 0.29) is 18.3 Å². The van der Waals surface area contributed by atoms with Crippen molar-refractivity contribution in [3.8, 4) is 0 Å². The first-order chi connectivity index (χ1) is 9.74. The van der Waals surface area contributed by atoms with Crippen molar-refractivity contribution in [1.82, 2.24) is 5.32 Å². The minimum atomic E-state index is 0. The highest BCUT2D eigenvalue weighted by Crippen LogP contribution is 2.17. The van der Waals surface area contributed by atoms with Crippen molar-refractivity contribution in [2.75, 3.05) is 0 Å². The maximum absolute atomic E-state index is 11.8. The van der Waals surface area contributed by atoms with Gasteiger partial charge in [0.05, 0.1) is 0 Å². The number of aryl methyl sites for hydroxylation is 1. The van der Waals surface area contributed by atoms with Crippen molar-refractivity contribution in [2.24, 2.45) is 5.73 Å². The first kappa shape index (κ1) is 18.5. The van der Waals surface area contributed by atoms with E-state index in [4.69, 9.17) is 5.73 Å². The summed E-state index contributed by atoms with van der Waals surface area (Å²) in [6, 6.07) is 5.00. The molecule has 1 aliphatic rings. The van der Waals surface area contributed by atoms with Gasteiger partial charge in [-0.25, -0.2) is 0 Å². The maximum atomic E-state index is 11.8. The second kappa shape index (κ2) is 10.2. The van der Waals surface area contributed by atoms with E-state index < -0.39 is 0 Å². The second-order valence-electron chi connectivity index (χ2n) is 5.82. The Hall–Kier alpha value is -0.580. The second-order valence-corrected chi connectivity index (χ2v) is 6.85. The normalized spacial score (nSPS) is 21.6. The molecule has 1 aliphatic carbocycles. The molecule has 3 nitrogen and oxygen atoms in total. The van der Waals surface area contributed by atoms with E-state index in [1.54, 1.807) is 0 Å². The molecule has 1 fully saturated rings. The van der Waals surface area contributed by atoms with Crippen LogP contribution in [0.15, 0.2) is 17.5 Å². The van der Waals surface area contributed by atoms with Gasteiger partial charge in [-0.15, -0.1) is 23.7 Å². The molecule has 5 heteroatoms. The molecule has 0 saturated heterocycles. The number of nitrogens with two attached hydrogens (primary N) is 1. The van der Waals surface area contributed by atoms with Crippen molar-refractivity contribution >= 4 is 29.7 Å². The number of amides is 1. The van der Waals surface area contributed by atoms with Crippen LogP contribution in [-0.2, 0) is 11.2 Å². The van der Waals surface area contributed by atoms with Crippen LogP contribution in [0.25, 0.3) is 0 Å². The molecule has 0 atom stereocenters. The Kier molecular flexibility index (Phi) is 8.97. The first-order valence-corrected chi connectivity index (χ1v) is 8.69. The van der Waals surface area contributed by atoms with Gasteiger partial charge in [-0.3, -0.25) is 4.79 Å². The fraction of sp³-hybridized carbons (Fsp3) is 0.688. The average molecular weight is 331 g/mol. The lowest BCUT2D eigenvalue weighted by Gasteiger charge is -2.26. The van der Waals surface area contributed by atoms with Gasteiger partial charge in [0.1, 0.15) is 0 Å². The number of hydrogen-bond acceptors (Lipinski definition) is 3. The quantitative estimate of drug-likeness (QED) is 0.750. The van der Waals surface area contributed by atoms with Crippen molar-refractivity contribution in [3.63, 3.8) is 0 Å². The highest BCUT2D eigenvalue weighted by Gasteiger charge is 2.19. The molecule has 0 radical (unpaired) electrons. The Morgan fingerprint density at radius 3 is 2.67 bits per heavy atom. The van der Waals surface area contributed by atoms with E-state index >= 15 is 0 Å². The number of rotatable bonds is 7. The lowest BCUT2D eigenvalue weighted by atomic mass is 9.92. The van der Waals surface area contributed by atoms with Crippen LogP contribution in [0.4, 0.5) is 0 Å². The predicted molar refractivity (Wildman–Crippen MR) is 92.1 cm³/mol. The summed E-state index contributed by atoms with van der Waals surface area (Å²) in [6.45, 7) is 0. The molecular weight excluding hydrogens is 304 g/mol. The number of carbonyl (C=O) groups is 1. The lowest BCUT2D eigenvalue weighted by Crippen LogP contribution is -2.40. The van der Waals surface area contributed by atoms with Crippen molar-refractivity contribution in [3.05, 3.63) is 22.4 Å². The zero-order valence-electron chi connectivity index (χ0n) is 12.6. The van der Waals surface area contributed by atoms with Crippen LogP contribution in [0.5, 0.6) is 0 Å². The molecular formula is C16H27ClN2OS. The highest BCUT2D eigenvalue weighted by molar-refractivity contribution is 7.09. The van der Waals surface area contributed by atoms with Gasteiger partial charge >= 0.3 is 0 Å². The Morgan fingerprint density at radius 2 is 2.00 bits per heavy atom. The number of unbranched alkanes of at least 4 members (excludes halogenated alkanes) is 2. The summed E-state index contributed by atoms with van der Waals surface area (Å²) in [5, 5.41) is 5.28. The molecule has 1 aromatic rings. The van der Waals surface area contributed by atoms with E-state index in [1.165, 1.54) is 11.3 Å². The number of halogens is 1. The van der Waals surface area contributed by atoms with Crippen LogP contribution in [0.2, 0.25) is 0 Å². The van der Waals surface area contributed by atoms with Crippen LogP contribution in [0, 0.1) is 0 Å². The largest absolute Gasteiger partial charge is 0.353 e. The average Bonchev–Trinajstić information content (AvgIpc) is 2.94. The minimum Gasteiger partial charge on any atom is -0.353 e. The van der Waals surface area contributed by atoms with Gasteiger partial charge in [0.15, 0.2) is 0 Å². The molecule has 120 valence electrons. The van der Waals surface area contributed by atoms with Crippen LogP contribution >= 0.6 is 23.7 Å². The molecule has 1 heterocycles. The number of hydrogen-bond donors (Lipinski definition) is 2. The molecule has 0 spiro atoms. The maximum Gasteiger partial charge on any atom is 0.220 e. The number of nitrogens with one attached hydrogen (secondary N) is 1. The molecule has 2 rings (SSSR count). The van der Waals surface area contributed by atoms with Gasteiger partial charge in [0, 0.05) is 23.4 Å². The summed E-state index contributed by atoms with van der Waals surface area (Å²) in [4.78, 5) is 13.3. The van der Waals surface area contributed by atoms with Crippen LogP contribution in [-0.4, -0.2) is 18.0 Å². The lowest BCUT2D eigenvalue weighted by molar-refractivity contribution is -0.122. The van der Waals surface area contributed by atoms with E-state index in [0.717, 1.165) is 44.9 Å². The molecule has 3 N–H and O–H groups in total. The molecule has 1 amide bonds. The molecule has 1 saturated carbocycles. The fourth-order valence-electron chi connectivity index (χ4n) is 2.78. The Bertz CT molecular complexity index is 389. The van der Waals surface area contributed by atoms with E-state index in [2.05, 4.69) is 22.8 Å². The van der Waals surface area contributed by atoms with E-state index in [1.807, 2.05) is 11.3 Å². The third-order valence-corrected chi connectivity index (χ3v) is 4.98. The standard InChI is InChI=1S/C16H26N2OS.ClH/c17-13-8-10-14(11-9-13)18-16(19)7-3-1-2-5-15-6-4-12-20-15;/h4,6,12-14H,1-3,5,7-11,17H2,(H,18,19);1H. The van der Waals surface area contributed by atoms with Crippen molar-refractivity contribution in [2.45, 2.75) is 69.9 Å². The highest BCUT2D eigenvalue weighted by atomic mass is 35.5. The molecule has 0 aromatic carbocycles. The zero-order chi connectivity index (χ0) is 14.2. The van der Waals surface area contributed by atoms with Gasteiger partial charge < -0.3 is 11.1 Å². The van der Waals surface area contributed by atoms with Crippen LogP contribution in [0.3, 0.4) is 0 Å². The van der Waals surface area contributed by atoms with Gasteiger partial charge in [-0.2, -0.15) is 0 Å². The number of thiophene rings is 1. The van der Waals surface area contributed by atoms with Gasteiger partial charge in [0.2, 0.25) is 5.91 Å². The topological polar surface area (TPSA) is 55.1 Å². The smallest absolute Gasteiger partial charge is 0.220 e. The van der Waals surface area contributed by atoms with Gasteiger partial charge in [0.25, 0.3) is 0 Å². The fourth-order valence-corrected chi connectivity index (χ4v) is 3.53. The Morgan fingerprint density at radius 1 is 1.24 bits per heavy atom. The van der Waals surface area contributed by atoms with Crippen molar-refractivity contribution < 1.29 is 4.79 Å². The number of carbonyl (C=O) groups excluding carboxylic acids is 1. The van der Waals surface area contributed by atoms with E-state index in [0.29, 0.717) is 18.5 Å². The summed E-state index contributed by atoms with van der Waals surface area (Å²) in [6.07, 6.45) is 9.34. The summed E-state index contributed by atoms with van der Waals surface area (Å²) in [5.74, 6) is 0.224. The SMILES string of the molecule is Cl.NC1CCC(NC(=O)CCCCCc2cccs2)CC1. The minimum absolute atomic E-state index is 0. The third kappa shape index (κ3) is 7.30. The third-order valence-electron chi connectivity index (χ3n) is 4.04. The Balaban J connectivity index is 0.00000220. The van der Waals surface area contributed by atoms with E-state index in [9.17, 15) is 4.79 Å². The van der Waals surface area contributed by atoms with Gasteiger partial charge in [-0.1, -0.05) is 12.5 Å². The summed E-state index contributed by atoms with van der Waals surface area (Å²) >= 11 is 1.82. The summed E-state index contributed by atoms with van der Waals surface area (Å²) < 4.78 is 0. The molecule has 21 heavy (non-hydrogen) atoms. The van der Waals surface area contributed by atoms with Crippen LogP contribution < -0.4 is 11.1 Å². The van der Waals surface area contributed by atoms with Crippen molar-refractivity contribution in [1.29, 1.82) is 0 Å². The molecule has 1 aromatic heterocycles. The van der Waals surface area contributed by atoms with Gasteiger partial charge in [-0.05, 0) is 56.4 Å². The van der Waals surface area contributed by atoms with Crippen LogP contribution in [0.1, 0.15) is 56.2 Å². The molecule has 0 aliphatic heterocycles. The molecule has 0 bridgehead atoms. The first-order valence-electron chi connectivity index (χ1n) is 7.81. The summed E-state index contributed by atoms with van der Waals surface area (Å²) in [5.41, 5.74) is 5.87.